The Labute approximate surface area is 131 Å². The summed E-state index contributed by atoms with van der Waals surface area (Å²) in [6.45, 7) is 4.02. The van der Waals surface area contributed by atoms with Crippen molar-refractivity contribution in [1.82, 2.24) is 5.32 Å². The Morgan fingerprint density at radius 1 is 1.14 bits per heavy atom. The van der Waals surface area contributed by atoms with Crippen molar-refractivity contribution < 1.29 is 19.0 Å². The van der Waals surface area contributed by atoms with Gasteiger partial charge in [0.25, 0.3) is 5.91 Å². The molecule has 0 saturated heterocycles. The summed E-state index contributed by atoms with van der Waals surface area (Å²) in [6, 6.07) is 3.28. The van der Waals surface area contributed by atoms with Gasteiger partial charge in [0.05, 0.1) is 26.9 Å². The van der Waals surface area contributed by atoms with Crippen LogP contribution in [0.3, 0.4) is 0 Å². The number of amides is 1. The summed E-state index contributed by atoms with van der Waals surface area (Å²) in [5.74, 6) is 0.940. The second-order valence-electron chi connectivity index (χ2n) is 5.05. The van der Waals surface area contributed by atoms with E-state index in [2.05, 4.69) is 5.32 Å². The van der Waals surface area contributed by atoms with E-state index < -0.39 is 5.54 Å². The van der Waals surface area contributed by atoms with Crippen LogP contribution in [0.4, 0.5) is 0 Å². The van der Waals surface area contributed by atoms with Gasteiger partial charge in [0.2, 0.25) is 5.75 Å². The lowest BCUT2D eigenvalue weighted by Gasteiger charge is -2.20. The van der Waals surface area contributed by atoms with Crippen LogP contribution in [-0.2, 0) is 0 Å². The van der Waals surface area contributed by atoms with Crippen LogP contribution in [0.1, 0.15) is 24.2 Å². The molecular formula is C14H23ClN2O4. The van der Waals surface area contributed by atoms with Crippen LogP contribution in [0.5, 0.6) is 17.2 Å². The van der Waals surface area contributed by atoms with Crippen molar-refractivity contribution in [2.45, 2.75) is 19.4 Å². The number of hydrogen-bond acceptors (Lipinski definition) is 5. The fourth-order valence-corrected chi connectivity index (χ4v) is 1.68. The zero-order valence-corrected chi connectivity index (χ0v) is 13.8. The Hall–Kier alpha value is -1.66. The highest BCUT2D eigenvalue weighted by atomic mass is 35.5. The second-order valence-corrected chi connectivity index (χ2v) is 5.05. The smallest absolute Gasteiger partial charge is 0.255 e. The molecule has 7 heteroatoms. The highest BCUT2D eigenvalue weighted by molar-refractivity contribution is 5.98. The molecule has 0 bridgehead atoms. The largest absolute Gasteiger partial charge is 0.493 e. The summed E-state index contributed by atoms with van der Waals surface area (Å²) in [4.78, 5) is 12.2. The first kappa shape index (κ1) is 19.3. The van der Waals surface area contributed by atoms with Gasteiger partial charge in [0.1, 0.15) is 0 Å². The molecule has 0 aliphatic carbocycles. The molecule has 0 spiro atoms. The molecule has 0 aliphatic rings. The van der Waals surface area contributed by atoms with Gasteiger partial charge in [-0.05, 0) is 26.0 Å². The number of nitrogens with one attached hydrogen (secondary N) is 1. The maximum absolute atomic E-state index is 12.2. The Balaban J connectivity index is 0.00000400. The molecule has 0 heterocycles. The monoisotopic (exact) mass is 318 g/mol. The van der Waals surface area contributed by atoms with Gasteiger partial charge in [-0.15, -0.1) is 12.4 Å². The summed E-state index contributed by atoms with van der Waals surface area (Å²) in [6.07, 6.45) is 0. The molecule has 0 radical (unpaired) electrons. The summed E-state index contributed by atoms with van der Waals surface area (Å²) in [5, 5.41) is 2.76. The van der Waals surface area contributed by atoms with Gasteiger partial charge in [0, 0.05) is 12.1 Å². The van der Waals surface area contributed by atoms with Crippen molar-refractivity contribution in [2.75, 3.05) is 27.9 Å². The molecule has 3 N–H and O–H groups in total. The summed E-state index contributed by atoms with van der Waals surface area (Å²) in [5.41, 5.74) is 5.73. The minimum atomic E-state index is -0.487. The first-order chi connectivity index (χ1) is 9.34. The van der Waals surface area contributed by atoms with Crippen molar-refractivity contribution in [3.8, 4) is 17.2 Å². The van der Waals surface area contributed by atoms with Crippen LogP contribution in [0.15, 0.2) is 12.1 Å². The van der Waals surface area contributed by atoms with E-state index in [1.165, 1.54) is 21.3 Å². The summed E-state index contributed by atoms with van der Waals surface area (Å²) < 4.78 is 15.7. The maximum atomic E-state index is 12.2. The number of methoxy groups -OCH3 is 3. The minimum Gasteiger partial charge on any atom is -0.493 e. The van der Waals surface area contributed by atoms with E-state index in [0.717, 1.165) is 0 Å². The average Bonchev–Trinajstić information content (AvgIpc) is 2.41. The summed E-state index contributed by atoms with van der Waals surface area (Å²) in [7, 11) is 4.49. The highest BCUT2D eigenvalue weighted by Gasteiger charge is 2.21. The molecule has 21 heavy (non-hydrogen) atoms. The first-order valence-corrected chi connectivity index (χ1v) is 6.20. The zero-order valence-electron chi connectivity index (χ0n) is 13.0. The molecule has 0 saturated carbocycles. The van der Waals surface area contributed by atoms with E-state index in [9.17, 15) is 4.79 Å². The topological polar surface area (TPSA) is 82.8 Å². The SMILES string of the molecule is COc1ccc(C(=O)NCC(C)(C)N)c(OC)c1OC.Cl. The fraction of sp³-hybridized carbons (Fsp3) is 0.500. The van der Waals surface area contributed by atoms with Gasteiger partial charge < -0.3 is 25.3 Å². The van der Waals surface area contributed by atoms with Crippen LogP contribution >= 0.6 is 12.4 Å². The normalized spacial score (nSPS) is 10.4. The maximum Gasteiger partial charge on any atom is 0.255 e. The van der Waals surface area contributed by atoms with Gasteiger partial charge >= 0.3 is 0 Å². The fourth-order valence-electron chi connectivity index (χ4n) is 1.68. The third-order valence-electron chi connectivity index (χ3n) is 2.65. The number of nitrogens with two attached hydrogens (primary N) is 1. The van der Waals surface area contributed by atoms with Gasteiger partial charge in [0.15, 0.2) is 11.5 Å². The average molecular weight is 319 g/mol. The molecule has 1 rings (SSSR count). The number of halogens is 1. The first-order valence-electron chi connectivity index (χ1n) is 6.20. The van der Waals surface area contributed by atoms with E-state index in [0.29, 0.717) is 29.4 Å². The van der Waals surface area contributed by atoms with Crippen LogP contribution in [0.2, 0.25) is 0 Å². The zero-order chi connectivity index (χ0) is 15.3. The van der Waals surface area contributed by atoms with Crippen molar-refractivity contribution in [2.24, 2.45) is 5.73 Å². The molecule has 0 aliphatic heterocycles. The Morgan fingerprint density at radius 3 is 2.14 bits per heavy atom. The Kier molecular flexibility index (Phi) is 7.32. The molecule has 1 aromatic rings. The van der Waals surface area contributed by atoms with Crippen LogP contribution in [0, 0.1) is 0 Å². The molecular weight excluding hydrogens is 296 g/mol. The van der Waals surface area contributed by atoms with E-state index in [1.807, 2.05) is 13.8 Å². The standard InChI is InChI=1S/C14H22N2O4.ClH/c1-14(2,15)8-16-13(17)9-6-7-10(18-3)12(20-5)11(9)19-4;/h6-7H,8,15H2,1-5H3,(H,16,17);1H. The number of ether oxygens (including phenoxy) is 3. The predicted octanol–water partition coefficient (Wildman–Crippen LogP) is 1.60. The molecule has 0 atom stereocenters. The van der Waals surface area contributed by atoms with E-state index in [-0.39, 0.29) is 18.3 Å². The number of rotatable bonds is 6. The van der Waals surface area contributed by atoms with Gasteiger partial charge in [-0.2, -0.15) is 0 Å². The van der Waals surface area contributed by atoms with Crippen LogP contribution in [-0.4, -0.2) is 39.3 Å². The van der Waals surface area contributed by atoms with Gasteiger partial charge in [-0.25, -0.2) is 0 Å². The molecule has 120 valence electrons. The Bertz CT molecular complexity index is 487. The van der Waals surface area contributed by atoms with Crippen LogP contribution in [0.25, 0.3) is 0 Å². The number of carbonyl (C=O) groups is 1. The van der Waals surface area contributed by atoms with E-state index in [1.54, 1.807) is 12.1 Å². The van der Waals surface area contributed by atoms with Gasteiger partial charge in [-0.3, -0.25) is 4.79 Å². The van der Waals surface area contributed by atoms with Crippen molar-refractivity contribution >= 4 is 18.3 Å². The molecule has 0 aromatic heterocycles. The van der Waals surface area contributed by atoms with Crippen molar-refractivity contribution in [3.63, 3.8) is 0 Å². The number of benzene rings is 1. The lowest BCUT2D eigenvalue weighted by Crippen LogP contribution is -2.45. The van der Waals surface area contributed by atoms with Crippen molar-refractivity contribution in [1.29, 1.82) is 0 Å². The molecule has 1 aromatic carbocycles. The van der Waals surface area contributed by atoms with E-state index in [4.69, 9.17) is 19.9 Å². The minimum absolute atomic E-state index is 0. The lowest BCUT2D eigenvalue weighted by atomic mass is 10.1. The highest BCUT2D eigenvalue weighted by Crippen LogP contribution is 2.39. The second kappa shape index (κ2) is 7.95. The molecule has 1 amide bonds. The third kappa shape index (κ3) is 4.99. The third-order valence-corrected chi connectivity index (χ3v) is 2.65. The quantitative estimate of drug-likeness (QED) is 0.832. The molecule has 0 fully saturated rings. The number of hydrogen-bond donors (Lipinski definition) is 2. The lowest BCUT2D eigenvalue weighted by molar-refractivity contribution is 0.0942. The Morgan fingerprint density at radius 2 is 1.71 bits per heavy atom. The molecule has 0 unspecified atom stereocenters. The molecule has 6 nitrogen and oxygen atoms in total. The van der Waals surface area contributed by atoms with E-state index >= 15 is 0 Å². The number of carbonyl (C=O) groups excluding carboxylic acids is 1. The van der Waals surface area contributed by atoms with Crippen LogP contribution < -0.4 is 25.3 Å². The van der Waals surface area contributed by atoms with Crippen molar-refractivity contribution in [3.05, 3.63) is 17.7 Å². The predicted molar refractivity (Wildman–Crippen MR) is 83.9 cm³/mol. The van der Waals surface area contributed by atoms with Gasteiger partial charge in [-0.1, -0.05) is 0 Å². The summed E-state index contributed by atoms with van der Waals surface area (Å²) >= 11 is 0.